The summed E-state index contributed by atoms with van der Waals surface area (Å²) in [6, 6.07) is 4.31. The van der Waals surface area contributed by atoms with Crippen LogP contribution >= 0.6 is 0 Å². The molecule has 0 aliphatic heterocycles. The Morgan fingerprint density at radius 2 is 1.85 bits per heavy atom. The van der Waals surface area contributed by atoms with E-state index in [0.29, 0.717) is 23.1 Å². The van der Waals surface area contributed by atoms with Gasteiger partial charge in [0.25, 0.3) is 0 Å². The lowest BCUT2D eigenvalue weighted by Crippen LogP contribution is -2.06. The lowest BCUT2D eigenvalue weighted by Gasteiger charge is -2.14. The Morgan fingerprint density at radius 1 is 1.15 bits per heavy atom. The number of aryl methyl sites for hydroxylation is 1. The summed E-state index contributed by atoms with van der Waals surface area (Å²) in [5.41, 5.74) is 1.53. The normalized spacial score (nSPS) is 10.2. The number of benzene rings is 1. The highest BCUT2D eigenvalue weighted by molar-refractivity contribution is 5.69. The molecule has 2 N–H and O–H groups in total. The van der Waals surface area contributed by atoms with E-state index in [1.54, 1.807) is 13.1 Å². The van der Waals surface area contributed by atoms with Crippen LogP contribution in [0.25, 0.3) is 0 Å². The summed E-state index contributed by atoms with van der Waals surface area (Å²) in [6.45, 7) is 3.72. The molecule has 0 fully saturated rings. The number of aromatic nitrogens is 2. The SMILES string of the molecule is CNc1nc(C)nc(Nc2ccc(F)cc2OC)c1C. The maximum absolute atomic E-state index is 13.2. The van der Waals surface area contributed by atoms with Gasteiger partial charge < -0.3 is 15.4 Å². The van der Waals surface area contributed by atoms with Crippen LogP contribution in [0.3, 0.4) is 0 Å². The zero-order chi connectivity index (χ0) is 14.7. The van der Waals surface area contributed by atoms with Gasteiger partial charge in [-0.3, -0.25) is 0 Å². The van der Waals surface area contributed by atoms with Crippen molar-refractivity contribution in [2.24, 2.45) is 0 Å². The molecule has 2 rings (SSSR count). The number of nitrogens with zero attached hydrogens (tertiary/aromatic N) is 2. The molecule has 0 amide bonds. The van der Waals surface area contributed by atoms with Crippen LogP contribution in [0.5, 0.6) is 5.75 Å². The predicted octanol–water partition coefficient (Wildman–Crippen LogP) is 3.03. The van der Waals surface area contributed by atoms with Crippen LogP contribution in [-0.2, 0) is 0 Å². The first kappa shape index (κ1) is 14.0. The Labute approximate surface area is 117 Å². The molecular formula is C14H17FN4O. The van der Waals surface area contributed by atoms with Crippen molar-refractivity contribution < 1.29 is 9.13 Å². The maximum atomic E-state index is 13.2. The van der Waals surface area contributed by atoms with Crippen molar-refractivity contribution in [2.45, 2.75) is 13.8 Å². The molecule has 0 aliphatic rings. The van der Waals surface area contributed by atoms with E-state index >= 15 is 0 Å². The van der Waals surface area contributed by atoms with Crippen LogP contribution in [0, 0.1) is 19.7 Å². The van der Waals surface area contributed by atoms with Crippen LogP contribution in [0.15, 0.2) is 18.2 Å². The number of halogens is 1. The number of rotatable bonds is 4. The molecule has 0 bridgehead atoms. The highest BCUT2D eigenvalue weighted by Gasteiger charge is 2.11. The molecule has 0 aliphatic carbocycles. The molecular weight excluding hydrogens is 259 g/mol. The lowest BCUT2D eigenvalue weighted by atomic mass is 10.2. The minimum atomic E-state index is -0.348. The molecule has 0 atom stereocenters. The zero-order valence-electron chi connectivity index (χ0n) is 11.9. The van der Waals surface area contributed by atoms with E-state index in [9.17, 15) is 4.39 Å². The Hall–Kier alpha value is -2.37. The van der Waals surface area contributed by atoms with Gasteiger partial charge in [-0.25, -0.2) is 14.4 Å². The summed E-state index contributed by atoms with van der Waals surface area (Å²) in [6.07, 6.45) is 0. The largest absolute Gasteiger partial charge is 0.494 e. The number of nitrogens with one attached hydrogen (secondary N) is 2. The van der Waals surface area contributed by atoms with Crippen molar-refractivity contribution in [1.29, 1.82) is 0 Å². The summed E-state index contributed by atoms with van der Waals surface area (Å²) in [4.78, 5) is 8.66. The average molecular weight is 276 g/mol. The number of ether oxygens (including phenoxy) is 1. The second-order valence-corrected chi connectivity index (χ2v) is 4.31. The summed E-state index contributed by atoms with van der Waals surface area (Å²) in [5, 5.41) is 6.17. The van der Waals surface area contributed by atoms with Gasteiger partial charge in [0.05, 0.1) is 12.8 Å². The van der Waals surface area contributed by atoms with Crippen LogP contribution in [0.2, 0.25) is 0 Å². The van der Waals surface area contributed by atoms with E-state index in [4.69, 9.17) is 4.74 Å². The smallest absolute Gasteiger partial charge is 0.145 e. The van der Waals surface area contributed by atoms with Crippen molar-refractivity contribution in [3.05, 3.63) is 35.4 Å². The number of methoxy groups -OCH3 is 1. The van der Waals surface area contributed by atoms with Crippen LogP contribution in [-0.4, -0.2) is 24.1 Å². The fourth-order valence-electron chi connectivity index (χ4n) is 1.89. The molecule has 6 heteroatoms. The molecule has 0 saturated heterocycles. The van der Waals surface area contributed by atoms with Gasteiger partial charge in [-0.15, -0.1) is 0 Å². The first-order chi connectivity index (χ1) is 9.55. The van der Waals surface area contributed by atoms with Crippen LogP contribution in [0.1, 0.15) is 11.4 Å². The number of hydrogen-bond donors (Lipinski definition) is 2. The van der Waals surface area contributed by atoms with Crippen molar-refractivity contribution >= 4 is 17.3 Å². The molecule has 0 spiro atoms. The van der Waals surface area contributed by atoms with E-state index < -0.39 is 0 Å². The molecule has 2 aromatic rings. The van der Waals surface area contributed by atoms with E-state index in [2.05, 4.69) is 20.6 Å². The molecule has 5 nitrogen and oxygen atoms in total. The average Bonchev–Trinajstić information content (AvgIpc) is 2.44. The van der Waals surface area contributed by atoms with E-state index in [0.717, 1.165) is 11.4 Å². The van der Waals surface area contributed by atoms with Gasteiger partial charge in [0.1, 0.15) is 29.0 Å². The molecule has 1 aromatic heterocycles. The molecule has 1 aromatic carbocycles. The van der Waals surface area contributed by atoms with Gasteiger partial charge >= 0.3 is 0 Å². The fraction of sp³-hybridized carbons (Fsp3) is 0.286. The Kier molecular flexibility index (Phi) is 4.02. The quantitative estimate of drug-likeness (QED) is 0.899. The van der Waals surface area contributed by atoms with E-state index in [1.807, 2.05) is 13.8 Å². The second kappa shape index (κ2) is 5.73. The third-order valence-corrected chi connectivity index (χ3v) is 2.91. The van der Waals surface area contributed by atoms with Gasteiger partial charge in [0.15, 0.2) is 0 Å². The van der Waals surface area contributed by atoms with E-state index in [-0.39, 0.29) is 5.82 Å². The highest BCUT2D eigenvalue weighted by atomic mass is 19.1. The third-order valence-electron chi connectivity index (χ3n) is 2.91. The Balaban J connectivity index is 2.42. The summed E-state index contributed by atoms with van der Waals surface area (Å²) in [7, 11) is 3.30. The Bertz CT molecular complexity index is 631. The number of anilines is 3. The van der Waals surface area contributed by atoms with Gasteiger partial charge in [0, 0.05) is 18.7 Å². The molecule has 0 unspecified atom stereocenters. The number of hydrogen-bond acceptors (Lipinski definition) is 5. The monoisotopic (exact) mass is 276 g/mol. The fourth-order valence-corrected chi connectivity index (χ4v) is 1.89. The van der Waals surface area contributed by atoms with Crippen LogP contribution < -0.4 is 15.4 Å². The standard InChI is InChI=1S/C14H17FN4O/c1-8-13(16-3)17-9(2)18-14(8)19-11-6-5-10(15)7-12(11)20-4/h5-7H,1-4H3,(H2,16,17,18,19). The third kappa shape index (κ3) is 2.79. The molecule has 106 valence electrons. The van der Waals surface area contributed by atoms with Gasteiger partial charge in [-0.05, 0) is 26.0 Å². The molecule has 0 saturated carbocycles. The van der Waals surface area contributed by atoms with E-state index in [1.165, 1.54) is 19.2 Å². The zero-order valence-corrected chi connectivity index (χ0v) is 11.9. The maximum Gasteiger partial charge on any atom is 0.145 e. The summed E-state index contributed by atoms with van der Waals surface area (Å²) < 4.78 is 18.4. The first-order valence-electron chi connectivity index (χ1n) is 6.18. The Morgan fingerprint density at radius 3 is 2.50 bits per heavy atom. The van der Waals surface area contributed by atoms with Gasteiger partial charge in [0.2, 0.25) is 0 Å². The molecule has 0 radical (unpaired) electrons. The van der Waals surface area contributed by atoms with Crippen LogP contribution in [0.4, 0.5) is 21.7 Å². The van der Waals surface area contributed by atoms with Crippen molar-refractivity contribution in [1.82, 2.24) is 9.97 Å². The summed E-state index contributed by atoms with van der Waals surface area (Å²) >= 11 is 0. The molecule has 20 heavy (non-hydrogen) atoms. The first-order valence-corrected chi connectivity index (χ1v) is 6.18. The summed E-state index contributed by atoms with van der Waals surface area (Å²) in [5.74, 6) is 2.13. The minimum absolute atomic E-state index is 0.348. The predicted molar refractivity (Wildman–Crippen MR) is 77.3 cm³/mol. The topological polar surface area (TPSA) is 59.1 Å². The highest BCUT2D eigenvalue weighted by Crippen LogP contribution is 2.30. The van der Waals surface area contributed by atoms with Crippen molar-refractivity contribution in [3.8, 4) is 5.75 Å². The van der Waals surface area contributed by atoms with Crippen molar-refractivity contribution in [2.75, 3.05) is 24.8 Å². The minimum Gasteiger partial charge on any atom is -0.494 e. The molecule has 1 heterocycles. The second-order valence-electron chi connectivity index (χ2n) is 4.31. The van der Waals surface area contributed by atoms with Crippen molar-refractivity contribution in [3.63, 3.8) is 0 Å². The van der Waals surface area contributed by atoms with Gasteiger partial charge in [-0.2, -0.15) is 0 Å². The van der Waals surface area contributed by atoms with Gasteiger partial charge in [-0.1, -0.05) is 0 Å². The lowest BCUT2D eigenvalue weighted by molar-refractivity contribution is 0.413.